The average molecular weight is 280 g/mol. The van der Waals surface area contributed by atoms with E-state index in [0.29, 0.717) is 16.7 Å². The number of amides is 1. The smallest absolute Gasteiger partial charge is 0.236 e. The van der Waals surface area contributed by atoms with Crippen molar-refractivity contribution in [3.8, 4) is 0 Å². The van der Waals surface area contributed by atoms with E-state index >= 15 is 0 Å². The molecule has 0 aromatic heterocycles. The number of nitrogens with two attached hydrogens (primary N) is 1. The van der Waals surface area contributed by atoms with Gasteiger partial charge in [-0.25, -0.2) is 0 Å². The highest BCUT2D eigenvalue weighted by molar-refractivity contribution is 8.00. The fourth-order valence-electron chi connectivity index (χ4n) is 2.05. The number of carbonyl (C=O) groups is 1. The SMILES string of the molecule is CC1OCCC1SCC(=O)N(C)c1ccc(N)cc1. The van der Waals surface area contributed by atoms with E-state index in [2.05, 4.69) is 6.92 Å². The number of hydrogen-bond acceptors (Lipinski definition) is 4. The maximum atomic E-state index is 12.1. The standard InChI is InChI=1S/C14H20N2O2S/c1-10-13(7-8-18-10)19-9-14(17)16(2)12-5-3-11(15)4-6-12/h3-6,10,13H,7-9,15H2,1-2H3. The van der Waals surface area contributed by atoms with E-state index in [1.165, 1.54) is 0 Å². The Kier molecular flexibility index (Phi) is 4.71. The molecule has 104 valence electrons. The summed E-state index contributed by atoms with van der Waals surface area (Å²) in [4.78, 5) is 13.8. The lowest BCUT2D eigenvalue weighted by molar-refractivity contribution is -0.115. The monoisotopic (exact) mass is 280 g/mol. The van der Waals surface area contributed by atoms with Gasteiger partial charge in [0.15, 0.2) is 0 Å². The van der Waals surface area contributed by atoms with Crippen molar-refractivity contribution >= 4 is 29.0 Å². The number of carbonyl (C=O) groups excluding carboxylic acids is 1. The molecule has 2 N–H and O–H groups in total. The molecule has 0 bridgehead atoms. The van der Waals surface area contributed by atoms with Crippen molar-refractivity contribution in [3.05, 3.63) is 24.3 Å². The van der Waals surface area contributed by atoms with Crippen LogP contribution >= 0.6 is 11.8 Å². The summed E-state index contributed by atoms with van der Waals surface area (Å²) in [6, 6.07) is 7.33. The highest BCUT2D eigenvalue weighted by atomic mass is 32.2. The van der Waals surface area contributed by atoms with Crippen LogP contribution in [-0.2, 0) is 9.53 Å². The topological polar surface area (TPSA) is 55.6 Å². The second-order valence-corrected chi connectivity index (χ2v) is 5.99. The number of anilines is 2. The van der Waals surface area contributed by atoms with Crippen molar-refractivity contribution in [2.75, 3.05) is 30.0 Å². The van der Waals surface area contributed by atoms with Crippen LogP contribution in [0.5, 0.6) is 0 Å². The summed E-state index contributed by atoms with van der Waals surface area (Å²) in [6.45, 7) is 2.87. The van der Waals surface area contributed by atoms with E-state index in [9.17, 15) is 4.79 Å². The molecule has 1 aromatic carbocycles. The zero-order valence-corrected chi connectivity index (χ0v) is 12.2. The molecule has 1 aliphatic heterocycles. The third-order valence-corrected chi connectivity index (χ3v) is 4.84. The first kappa shape index (κ1) is 14.2. The number of thioether (sulfide) groups is 1. The molecule has 1 saturated heterocycles. The predicted molar refractivity (Wildman–Crippen MR) is 80.5 cm³/mol. The van der Waals surface area contributed by atoms with Gasteiger partial charge in [-0.15, -0.1) is 11.8 Å². The Labute approximate surface area is 118 Å². The second kappa shape index (κ2) is 6.30. The minimum atomic E-state index is 0.105. The Morgan fingerprint density at radius 3 is 2.74 bits per heavy atom. The van der Waals surface area contributed by atoms with Gasteiger partial charge in [0.2, 0.25) is 5.91 Å². The summed E-state index contributed by atoms with van der Waals surface area (Å²) in [5.74, 6) is 0.591. The summed E-state index contributed by atoms with van der Waals surface area (Å²) >= 11 is 1.69. The summed E-state index contributed by atoms with van der Waals surface area (Å²) < 4.78 is 5.50. The number of hydrogen-bond donors (Lipinski definition) is 1. The molecule has 4 nitrogen and oxygen atoms in total. The molecule has 0 saturated carbocycles. The van der Waals surface area contributed by atoms with Gasteiger partial charge in [0, 0.05) is 30.3 Å². The molecular formula is C14H20N2O2S. The van der Waals surface area contributed by atoms with E-state index in [-0.39, 0.29) is 12.0 Å². The molecule has 5 heteroatoms. The lowest BCUT2D eigenvalue weighted by Crippen LogP contribution is -2.29. The van der Waals surface area contributed by atoms with Gasteiger partial charge >= 0.3 is 0 Å². The van der Waals surface area contributed by atoms with Gasteiger partial charge in [-0.1, -0.05) is 0 Å². The normalized spacial score (nSPS) is 22.4. The van der Waals surface area contributed by atoms with Crippen LogP contribution in [-0.4, -0.2) is 36.7 Å². The summed E-state index contributed by atoms with van der Waals surface area (Å²) in [5.41, 5.74) is 7.21. The minimum absolute atomic E-state index is 0.105. The van der Waals surface area contributed by atoms with Crippen LogP contribution in [0, 0.1) is 0 Å². The number of rotatable bonds is 4. The van der Waals surface area contributed by atoms with Gasteiger partial charge in [0.05, 0.1) is 11.9 Å². The largest absolute Gasteiger partial charge is 0.399 e. The summed E-state index contributed by atoms with van der Waals surface area (Å²) in [5, 5.41) is 0.434. The van der Waals surface area contributed by atoms with Crippen LogP contribution < -0.4 is 10.6 Å². The molecular weight excluding hydrogens is 260 g/mol. The van der Waals surface area contributed by atoms with Crippen LogP contribution in [0.3, 0.4) is 0 Å². The van der Waals surface area contributed by atoms with Crippen LogP contribution in [0.2, 0.25) is 0 Å². The zero-order chi connectivity index (χ0) is 13.8. The van der Waals surface area contributed by atoms with Crippen LogP contribution in [0.25, 0.3) is 0 Å². The van der Waals surface area contributed by atoms with Crippen molar-refractivity contribution in [2.45, 2.75) is 24.7 Å². The van der Waals surface area contributed by atoms with Crippen molar-refractivity contribution in [1.82, 2.24) is 0 Å². The van der Waals surface area contributed by atoms with E-state index in [1.54, 1.807) is 35.8 Å². The van der Waals surface area contributed by atoms with Gasteiger partial charge in [-0.05, 0) is 37.6 Å². The third kappa shape index (κ3) is 3.64. The predicted octanol–water partition coefficient (Wildman–Crippen LogP) is 2.14. The Hall–Kier alpha value is -1.20. The van der Waals surface area contributed by atoms with E-state index < -0.39 is 0 Å². The fourth-order valence-corrected chi connectivity index (χ4v) is 3.21. The molecule has 19 heavy (non-hydrogen) atoms. The lowest BCUT2D eigenvalue weighted by Gasteiger charge is -2.19. The van der Waals surface area contributed by atoms with Crippen LogP contribution in [0.4, 0.5) is 11.4 Å². The number of nitrogen functional groups attached to an aromatic ring is 1. The third-order valence-electron chi connectivity index (χ3n) is 3.38. The molecule has 0 spiro atoms. The minimum Gasteiger partial charge on any atom is -0.399 e. The fraction of sp³-hybridized carbons (Fsp3) is 0.500. The summed E-state index contributed by atoms with van der Waals surface area (Å²) in [6.07, 6.45) is 1.28. The van der Waals surface area contributed by atoms with E-state index in [4.69, 9.17) is 10.5 Å². The molecule has 1 amide bonds. The Morgan fingerprint density at radius 2 is 2.16 bits per heavy atom. The maximum Gasteiger partial charge on any atom is 0.236 e. The Balaban J connectivity index is 1.87. The van der Waals surface area contributed by atoms with Crippen LogP contribution in [0.1, 0.15) is 13.3 Å². The second-order valence-electron chi connectivity index (χ2n) is 4.76. The zero-order valence-electron chi connectivity index (χ0n) is 11.3. The van der Waals surface area contributed by atoms with Crippen molar-refractivity contribution < 1.29 is 9.53 Å². The van der Waals surface area contributed by atoms with E-state index in [0.717, 1.165) is 18.7 Å². The Bertz CT molecular complexity index is 436. The molecule has 1 aliphatic rings. The molecule has 2 atom stereocenters. The number of nitrogens with zero attached hydrogens (tertiary/aromatic N) is 1. The average Bonchev–Trinajstić information content (AvgIpc) is 2.81. The van der Waals surface area contributed by atoms with Crippen molar-refractivity contribution in [2.24, 2.45) is 0 Å². The van der Waals surface area contributed by atoms with Gasteiger partial charge in [0.25, 0.3) is 0 Å². The maximum absolute atomic E-state index is 12.1. The lowest BCUT2D eigenvalue weighted by atomic mass is 10.2. The highest BCUT2D eigenvalue weighted by Crippen LogP contribution is 2.26. The molecule has 2 rings (SSSR count). The molecule has 1 fully saturated rings. The van der Waals surface area contributed by atoms with Gasteiger partial charge in [-0.3, -0.25) is 4.79 Å². The van der Waals surface area contributed by atoms with Crippen LogP contribution in [0.15, 0.2) is 24.3 Å². The first-order chi connectivity index (χ1) is 9.08. The molecule has 0 radical (unpaired) electrons. The molecule has 1 heterocycles. The summed E-state index contributed by atoms with van der Waals surface area (Å²) in [7, 11) is 1.79. The van der Waals surface area contributed by atoms with Gasteiger partial charge < -0.3 is 15.4 Å². The van der Waals surface area contributed by atoms with Crippen molar-refractivity contribution in [1.29, 1.82) is 0 Å². The highest BCUT2D eigenvalue weighted by Gasteiger charge is 2.25. The van der Waals surface area contributed by atoms with Gasteiger partial charge in [-0.2, -0.15) is 0 Å². The molecule has 2 unspecified atom stereocenters. The Morgan fingerprint density at radius 1 is 1.47 bits per heavy atom. The quantitative estimate of drug-likeness (QED) is 0.859. The number of ether oxygens (including phenoxy) is 1. The number of benzene rings is 1. The molecule has 0 aliphatic carbocycles. The molecule has 1 aromatic rings. The first-order valence-electron chi connectivity index (χ1n) is 6.43. The van der Waals surface area contributed by atoms with Crippen molar-refractivity contribution in [3.63, 3.8) is 0 Å². The first-order valence-corrected chi connectivity index (χ1v) is 7.48. The van der Waals surface area contributed by atoms with Gasteiger partial charge in [0.1, 0.15) is 0 Å². The van der Waals surface area contributed by atoms with E-state index in [1.807, 2.05) is 12.1 Å².